The van der Waals surface area contributed by atoms with E-state index in [-0.39, 0.29) is 17.2 Å². The van der Waals surface area contributed by atoms with Crippen LogP contribution in [0.1, 0.15) is 0 Å². The van der Waals surface area contributed by atoms with Crippen molar-refractivity contribution in [3.05, 3.63) is 57.2 Å². The maximum absolute atomic E-state index is 13.2. The first kappa shape index (κ1) is 13.2. The minimum Gasteiger partial charge on any atom is -0.334 e. The number of benzene rings is 1. The average Bonchev–Trinajstić information content (AvgIpc) is 2.36. The van der Waals surface area contributed by atoms with E-state index in [0.29, 0.717) is 0 Å². The Kier molecular flexibility index (Phi) is 3.57. The lowest BCUT2D eigenvalue weighted by Gasteiger charge is -2.07. The van der Waals surface area contributed by atoms with E-state index < -0.39 is 21.6 Å². The first-order valence-electron chi connectivity index (χ1n) is 5.00. The molecule has 0 unspecified atom stereocenters. The number of nitrogens with zero attached hydrogens (tertiary/aromatic N) is 2. The molecule has 2 rings (SSSR count). The normalized spacial score (nSPS) is 10.3. The van der Waals surface area contributed by atoms with Gasteiger partial charge < -0.3 is 5.32 Å². The van der Waals surface area contributed by atoms with E-state index in [0.717, 1.165) is 12.1 Å². The predicted octanol–water partition coefficient (Wildman–Crippen LogP) is 3.67. The number of nitrogens with one attached hydrogen (secondary N) is 1. The lowest BCUT2D eigenvalue weighted by Crippen LogP contribution is -2.00. The van der Waals surface area contributed by atoms with Gasteiger partial charge in [0, 0.05) is 18.0 Å². The Labute approximate surface area is 111 Å². The second kappa shape index (κ2) is 5.15. The molecule has 0 aliphatic heterocycles. The van der Waals surface area contributed by atoms with Crippen LogP contribution in [0.3, 0.4) is 0 Å². The number of aromatic nitrogens is 1. The van der Waals surface area contributed by atoms with Gasteiger partial charge in [0.2, 0.25) is 5.82 Å². The van der Waals surface area contributed by atoms with Crippen LogP contribution in [0.2, 0.25) is 5.02 Å². The second-order valence-corrected chi connectivity index (χ2v) is 3.89. The highest BCUT2D eigenvalue weighted by atomic mass is 35.5. The highest BCUT2D eigenvalue weighted by Crippen LogP contribution is 2.28. The number of rotatable bonds is 3. The summed E-state index contributed by atoms with van der Waals surface area (Å²) in [7, 11) is 0. The molecule has 19 heavy (non-hydrogen) atoms. The summed E-state index contributed by atoms with van der Waals surface area (Å²) >= 11 is 5.33. The van der Waals surface area contributed by atoms with Crippen LogP contribution in [0.15, 0.2) is 30.5 Å². The second-order valence-electron chi connectivity index (χ2n) is 3.51. The molecule has 0 bridgehead atoms. The molecule has 0 saturated carbocycles. The fourth-order valence-electron chi connectivity index (χ4n) is 1.40. The van der Waals surface area contributed by atoms with Crippen molar-refractivity contribution in [1.82, 2.24) is 4.98 Å². The first-order chi connectivity index (χ1) is 8.99. The molecule has 0 spiro atoms. The SMILES string of the molecule is O=[N+]([O-])c1cccnc1Nc1cc(F)c(Cl)c(F)c1. The molecular formula is C11H6ClF2N3O2. The van der Waals surface area contributed by atoms with Gasteiger partial charge in [-0.2, -0.15) is 0 Å². The molecule has 0 saturated heterocycles. The van der Waals surface area contributed by atoms with Crippen LogP contribution < -0.4 is 5.32 Å². The number of hydrogen-bond acceptors (Lipinski definition) is 4. The summed E-state index contributed by atoms with van der Waals surface area (Å²) in [4.78, 5) is 13.8. The zero-order valence-electron chi connectivity index (χ0n) is 9.23. The highest BCUT2D eigenvalue weighted by Gasteiger charge is 2.16. The van der Waals surface area contributed by atoms with Crippen LogP contribution >= 0.6 is 11.6 Å². The zero-order valence-corrected chi connectivity index (χ0v) is 9.99. The minimum absolute atomic E-state index is 0.0267. The summed E-state index contributed by atoms with van der Waals surface area (Å²) in [5.41, 5.74) is -0.334. The van der Waals surface area contributed by atoms with Crippen LogP contribution in [0.5, 0.6) is 0 Å². The molecule has 0 radical (unpaired) electrons. The van der Waals surface area contributed by atoms with Gasteiger partial charge in [-0.3, -0.25) is 10.1 Å². The lowest BCUT2D eigenvalue weighted by atomic mass is 10.3. The van der Waals surface area contributed by atoms with Gasteiger partial charge in [0.25, 0.3) is 0 Å². The van der Waals surface area contributed by atoms with Crippen molar-refractivity contribution in [2.75, 3.05) is 5.32 Å². The minimum atomic E-state index is -0.970. The molecule has 0 fully saturated rings. The van der Waals surface area contributed by atoms with Gasteiger partial charge >= 0.3 is 5.69 Å². The molecule has 0 aliphatic rings. The molecule has 0 amide bonds. The Bertz CT molecular complexity index is 629. The Morgan fingerprint density at radius 3 is 2.53 bits per heavy atom. The van der Waals surface area contributed by atoms with Gasteiger partial charge in [-0.25, -0.2) is 13.8 Å². The molecule has 2 aromatic rings. The Balaban J connectivity index is 2.39. The van der Waals surface area contributed by atoms with E-state index in [1.54, 1.807) is 0 Å². The molecule has 1 N–H and O–H groups in total. The smallest absolute Gasteiger partial charge is 0.311 e. The summed E-state index contributed by atoms with van der Waals surface area (Å²) in [6.07, 6.45) is 1.32. The van der Waals surface area contributed by atoms with E-state index in [1.807, 2.05) is 0 Å². The van der Waals surface area contributed by atoms with Gasteiger partial charge in [0.15, 0.2) is 0 Å². The van der Waals surface area contributed by atoms with Gasteiger partial charge in [-0.1, -0.05) is 11.6 Å². The number of anilines is 2. The van der Waals surface area contributed by atoms with Crippen molar-refractivity contribution in [3.8, 4) is 0 Å². The van der Waals surface area contributed by atoms with Gasteiger partial charge in [0.1, 0.15) is 16.7 Å². The van der Waals surface area contributed by atoms with Crippen molar-refractivity contribution in [1.29, 1.82) is 0 Å². The van der Waals surface area contributed by atoms with Crippen molar-refractivity contribution in [2.45, 2.75) is 0 Å². The standard InChI is InChI=1S/C11H6ClF2N3O2/c12-10-7(13)4-6(5-8(10)14)16-11-9(17(18)19)2-1-3-15-11/h1-5H,(H,15,16). The van der Waals surface area contributed by atoms with E-state index in [9.17, 15) is 18.9 Å². The van der Waals surface area contributed by atoms with Crippen molar-refractivity contribution in [3.63, 3.8) is 0 Å². The summed E-state index contributed by atoms with van der Waals surface area (Å²) in [5, 5.41) is 12.6. The van der Waals surface area contributed by atoms with Crippen LogP contribution in [0.25, 0.3) is 0 Å². The van der Waals surface area contributed by atoms with Crippen LogP contribution in [-0.4, -0.2) is 9.91 Å². The van der Waals surface area contributed by atoms with Crippen molar-refractivity contribution in [2.24, 2.45) is 0 Å². The van der Waals surface area contributed by atoms with E-state index in [1.165, 1.54) is 18.3 Å². The third-order valence-electron chi connectivity index (χ3n) is 2.23. The quantitative estimate of drug-likeness (QED) is 0.531. The maximum Gasteiger partial charge on any atom is 0.311 e. The van der Waals surface area contributed by atoms with Gasteiger partial charge in [-0.05, 0) is 18.2 Å². The fraction of sp³-hybridized carbons (Fsp3) is 0. The first-order valence-corrected chi connectivity index (χ1v) is 5.38. The Morgan fingerprint density at radius 1 is 1.32 bits per heavy atom. The monoisotopic (exact) mass is 285 g/mol. The Morgan fingerprint density at radius 2 is 1.95 bits per heavy atom. The van der Waals surface area contributed by atoms with E-state index in [2.05, 4.69) is 10.3 Å². The highest BCUT2D eigenvalue weighted by molar-refractivity contribution is 6.31. The summed E-state index contributed by atoms with van der Waals surface area (Å²) in [5.74, 6) is -2.06. The van der Waals surface area contributed by atoms with Crippen molar-refractivity contribution < 1.29 is 13.7 Å². The summed E-state index contributed by atoms with van der Waals surface area (Å²) in [6.45, 7) is 0. The van der Waals surface area contributed by atoms with Gasteiger partial charge in [0.05, 0.1) is 4.92 Å². The van der Waals surface area contributed by atoms with E-state index >= 15 is 0 Å². The fourth-order valence-corrected chi connectivity index (χ4v) is 1.51. The number of nitro groups is 1. The maximum atomic E-state index is 13.2. The topological polar surface area (TPSA) is 68.1 Å². The third-order valence-corrected chi connectivity index (χ3v) is 2.59. The van der Waals surface area contributed by atoms with E-state index in [4.69, 9.17) is 11.6 Å². The molecule has 1 aromatic carbocycles. The molecule has 98 valence electrons. The third kappa shape index (κ3) is 2.76. The molecule has 1 aromatic heterocycles. The van der Waals surface area contributed by atoms with Gasteiger partial charge in [-0.15, -0.1) is 0 Å². The molecule has 1 heterocycles. The number of halogens is 3. The average molecular weight is 286 g/mol. The predicted molar refractivity (Wildman–Crippen MR) is 65.5 cm³/mol. The molecular weight excluding hydrogens is 280 g/mol. The lowest BCUT2D eigenvalue weighted by molar-refractivity contribution is -0.384. The largest absolute Gasteiger partial charge is 0.334 e. The Hall–Kier alpha value is -2.28. The zero-order chi connectivity index (χ0) is 14.0. The molecule has 5 nitrogen and oxygen atoms in total. The molecule has 0 atom stereocenters. The summed E-state index contributed by atoms with van der Waals surface area (Å²) in [6, 6.07) is 4.44. The van der Waals surface area contributed by atoms with Crippen LogP contribution in [0.4, 0.5) is 26.0 Å². The number of pyridine rings is 1. The number of hydrogen-bond donors (Lipinski definition) is 1. The van der Waals surface area contributed by atoms with Crippen LogP contribution in [0, 0.1) is 21.7 Å². The van der Waals surface area contributed by atoms with Crippen molar-refractivity contribution >= 4 is 28.8 Å². The molecule has 8 heteroatoms. The molecule has 0 aliphatic carbocycles. The van der Waals surface area contributed by atoms with Crippen LogP contribution in [-0.2, 0) is 0 Å². The summed E-state index contributed by atoms with van der Waals surface area (Å²) < 4.78 is 26.5.